The molecule has 0 bridgehead atoms. The number of rotatable bonds is 4. The van der Waals surface area contributed by atoms with E-state index in [1.807, 2.05) is 49.4 Å². The fourth-order valence-corrected chi connectivity index (χ4v) is 4.25. The summed E-state index contributed by atoms with van der Waals surface area (Å²) < 4.78 is 0. The first-order chi connectivity index (χ1) is 12.2. The molecule has 0 atom stereocenters. The molecule has 0 aromatic heterocycles. The molecule has 0 heterocycles. The summed E-state index contributed by atoms with van der Waals surface area (Å²) in [5, 5.41) is 4.84. The van der Waals surface area contributed by atoms with E-state index >= 15 is 0 Å². The van der Waals surface area contributed by atoms with Crippen LogP contribution in [-0.2, 0) is 4.79 Å². The summed E-state index contributed by atoms with van der Waals surface area (Å²) in [6.45, 7) is 2.54. The molecule has 1 aliphatic carbocycles. The summed E-state index contributed by atoms with van der Waals surface area (Å²) in [4.78, 5) is 25.7. The van der Waals surface area contributed by atoms with Gasteiger partial charge in [-0.15, -0.1) is 11.8 Å². The summed E-state index contributed by atoms with van der Waals surface area (Å²) in [7, 11) is 0. The maximum absolute atomic E-state index is 12.9. The van der Waals surface area contributed by atoms with E-state index in [1.165, 1.54) is 11.8 Å². The number of carbonyl (C=O) groups is 2. The van der Waals surface area contributed by atoms with Crippen LogP contribution in [0.5, 0.6) is 0 Å². The van der Waals surface area contributed by atoms with Crippen molar-refractivity contribution < 1.29 is 9.59 Å². The second-order valence-electron chi connectivity index (χ2n) is 5.96. The van der Waals surface area contributed by atoms with E-state index in [0.717, 1.165) is 37.9 Å². The highest BCUT2D eigenvalue weighted by molar-refractivity contribution is 8.00. The zero-order valence-corrected chi connectivity index (χ0v) is 14.7. The Morgan fingerprint density at radius 2 is 1.68 bits per heavy atom. The van der Waals surface area contributed by atoms with E-state index in [0.29, 0.717) is 12.3 Å². The van der Waals surface area contributed by atoms with E-state index in [-0.39, 0.29) is 11.7 Å². The first kappa shape index (κ1) is 15.9. The third-order valence-corrected chi connectivity index (χ3v) is 5.51. The highest BCUT2D eigenvalue weighted by Crippen LogP contribution is 2.42. The quantitative estimate of drug-likeness (QED) is 0.561. The van der Waals surface area contributed by atoms with E-state index in [1.54, 1.807) is 0 Å². The van der Waals surface area contributed by atoms with E-state index < -0.39 is 0 Å². The second kappa shape index (κ2) is 6.37. The van der Waals surface area contributed by atoms with E-state index in [9.17, 15) is 9.59 Å². The van der Waals surface area contributed by atoms with Crippen LogP contribution in [0.4, 0.5) is 0 Å². The zero-order valence-electron chi connectivity index (χ0n) is 13.8. The smallest absolute Gasteiger partial charge is 0.230 e. The summed E-state index contributed by atoms with van der Waals surface area (Å²) in [5.74, 6) is 0.464. The van der Waals surface area contributed by atoms with Crippen LogP contribution in [0, 0.1) is 0 Å². The molecule has 0 fully saturated rings. The van der Waals surface area contributed by atoms with Crippen molar-refractivity contribution in [3.8, 4) is 11.1 Å². The number of hydrogen-bond donors (Lipinski definition) is 1. The first-order valence-corrected chi connectivity index (χ1v) is 9.28. The highest BCUT2D eigenvalue weighted by atomic mass is 32.2. The average Bonchev–Trinajstić information content (AvgIpc) is 2.65. The molecule has 0 saturated carbocycles. The lowest BCUT2D eigenvalue weighted by Crippen LogP contribution is -2.24. The van der Waals surface area contributed by atoms with Gasteiger partial charge < -0.3 is 5.32 Å². The molecule has 0 spiro atoms. The van der Waals surface area contributed by atoms with Crippen LogP contribution < -0.4 is 5.32 Å². The van der Waals surface area contributed by atoms with Crippen molar-refractivity contribution in [2.45, 2.75) is 11.8 Å². The number of hydrogen-bond acceptors (Lipinski definition) is 3. The van der Waals surface area contributed by atoms with Crippen molar-refractivity contribution in [3.63, 3.8) is 0 Å². The Labute approximate surface area is 150 Å². The van der Waals surface area contributed by atoms with Gasteiger partial charge in [-0.05, 0) is 29.5 Å². The van der Waals surface area contributed by atoms with Crippen molar-refractivity contribution in [2.24, 2.45) is 0 Å². The van der Waals surface area contributed by atoms with Crippen LogP contribution in [0.2, 0.25) is 0 Å². The van der Waals surface area contributed by atoms with Crippen LogP contribution in [0.1, 0.15) is 22.8 Å². The Morgan fingerprint density at radius 1 is 0.920 bits per heavy atom. The average molecular weight is 347 g/mol. The SMILES string of the molecule is CCNC(=O)CSc1ccc2c3c(cccc13)C(=O)c1ccccc1-2. The van der Waals surface area contributed by atoms with Gasteiger partial charge in [-0.25, -0.2) is 0 Å². The van der Waals surface area contributed by atoms with Gasteiger partial charge in [0.25, 0.3) is 0 Å². The topological polar surface area (TPSA) is 46.2 Å². The minimum absolute atomic E-state index is 0.0226. The third-order valence-electron chi connectivity index (χ3n) is 4.44. The van der Waals surface area contributed by atoms with Gasteiger partial charge in [-0.3, -0.25) is 9.59 Å². The van der Waals surface area contributed by atoms with Gasteiger partial charge in [-0.2, -0.15) is 0 Å². The lowest BCUT2D eigenvalue weighted by Gasteiger charge is -2.21. The van der Waals surface area contributed by atoms with Crippen LogP contribution in [-0.4, -0.2) is 24.0 Å². The summed E-state index contributed by atoms with van der Waals surface area (Å²) in [5.41, 5.74) is 3.57. The number of thioether (sulfide) groups is 1. The van der Waals surface area contributed by atoms with Crippen molar-refractivity contribution in [1.82, 2.24) is 5.32 Å². The Hall–Kier alpha value is -2.59. The zero-order chi connectivity index (χ0) is 17.4. The maximum atomic E-state index is 12.9. The number of amides is 1. The minimum Gasteiger partial charge on any atom is -0.356 e. The van der Waals surface area contributed by atoms with Crippen molar-refractivity contribution in [2.75, 3.05) is 12.3 Å². The number of benzene rings is 3. The molecule has 25 heavy (non-hydrogen) atoms. The molecule has 3 aromatic rings. The Balaban J connectivity index is 1.86. The summed E-state index contributed by atoms with van der Waals surface area (Å²) in [6.07, 6.45) is 0. The number of nitrogens with one attached hydrogen (secondary N) is 1. The van der Waals surface area contributed by atoms with E-state index in [4.69, 9.17) is 0 Å². The molecule has 0 radical (unpaired) electrons. The Bertz CT molecular complexity index is 1010. The summed E-state index contributed by atoms with van der Waals surface area (Å²) in [6, 6.07) is 17.7. The maximum Gasteiger partial charge on any atom is 0.230 e. The normalized spacial score (nSPS) is 12.1. The molecule has 1 aliphatic rings. The van der Waals surface area contributed by atoms with Crippen LogP contribution >= 0.6 is 11.8 Å². The molecule has 3 nitrogen and oxygen atoms in total. The van der Waals surface area contributed by atoms with Gasteiger partial charge in [-0.1, -0.05) is 48.5 Å². The van der Waals surface area contributed by atoms with Gasteiger partial charge in [0.05, 0.1) is 5.75 Å². The van der Waals surface area contributed by atoms with Gasteiger partial charge in [0, 0.05) is 28.0 Å². The predicted molar refractivity (Wildman–Crippen MR) is 102 cm³/mol. The Kier molecular flexibility index (Phi) is 4.06. The molecular formula is C21H17NO2S. The minimum atomic E-state index is 0.0226. The standard InChI is InChI=1S/C21H17NO2S/c1-2-22-19(23)12-25-18-11-10-14-13-6-3-4-7-15(13)21(24)17-9-5-8-16(18)20(14)17/h3-11H,2,12H2,1H3,(H,22,23). The number of fused-ring (bicyclic) bond motifs is 2. The van der Waals surface area contributed by atoms with Crippen molar-refractivity contribution in [3.05, 3.63) is 65.7 Å². The molecule has 0 saturated heterocycles. The number of ketones is 1. The van der Waals surface area contributed by atoms with Crippen LogP contribution in [0.3, 0.4) is 0 Å². The first-order valence-electron chi connectivity index (χ1n) is 8.30. The molecule has 0 unspecified atom stereocenters. The monoisotopic (exact) mass is 347 g/mol. The molecule has 124 valence electrons. The lowest BCUT2D eigenvalue weighted by atomic mass is 9.83. The van der Waals surface area contributed by atoms with Crippen LogP contribution in [0.25, 0.3) is 21.9 Å². The molecule has 1 N–H and O–H groups in total. The lowest BCUT2D eigenvalue weighted by molar-refractivity contribution is -0.118. The van der Waals surface area contributed by atoms with Gasteiger partial charge in [0.15, 0.2) is 5.78 Å². The molecule has 0 aliphatic heterocycles. The molecular weight excluding hydrogens is 330 g/mol. The fourth-order valence-electron chi connectivity index (χ4n) is 3.37. The van der Waals surface area contributed by atoms with Crippen molar-refractivity contribution >= 4 is 34.2 Å². The molecule has 3 aromatic carbocycles. The van der Waals surface area contributed by atoms with Crippen LogP contribution in [0.15, 0.2) is 59.5 Å². The number of carbonyl (C=O) groups excluding carboxylic acids is 2. The second-order valence-corrected chi connectivity index (χ2v) is 6.97. The molecule has 1 amide bonds. The van der Waals surface area contributed by atoms with E-state index in [2.05, 4.69) is 17.4 Å². The molecule has 4 heteroatoms. The highest BCUT2D eigenvalue weighted by Gasteiger charge is 2.25. The van der Waals surface area contributed by atoms with Gasteiger partial charge >= 0.3 is 0 Å². The fraction of sp³-hybridized carbons (Fsp3) is 0.143. The largest absolute Gasteiger partial charge is 0.356 e. The molecule has 4 rings (SSSR count). The summed E-state index contributed by atoms with van der Waals surface area (Å²) >= 11 is 1.51. The van der Waals surface area contributed by atoms with Crippen molar-refractivity contribution in [1.29, 1.82) is 0 Å². The Morgan fingerprint density at radius 3 is 2.48 bits per heavy atom. The third kappa shape index (κ3) is 2.63. The van der Waals surface area contributed by atoms with Gasteiger partial charge in [0.2, 0.25) is 5.91 Å². The predicted octanol–water partition coefficient (Wildman–Crippen LogP) is 4.28. The van der Waals surface area contributed by atoms with Gasteiger partial charge in [0.1, 0.15) is 0 Å².